The maximum absolute atomic E-state index is 11.9. The Bertz CT molecular complexity index is 397. The number of nitrogens with zero attached hydrogens (tertiary/aromatic N) is 1. The maximum Gasteiger partial charge on any atom is 0.208 e. The van der Waals surface area contributed by atoms with Crippen molar-refractivity contribution in [2.75, 3.05) is 5.88 Å². The molecule has 0 amide bonds. The average molecular weight is 207 g/mol. The monoisotopic (exact) mass is 207 g/mol. The van der Waals surface area contributed by atoms with Gasteiger partial charge in [-0.15, -0.1) is 11.8 Å². The van der Waals surface area contributed by atoms with Gasteiger partial charge in [-0.1, -0.05) is 0 Å². The van der Waals surface area contributed by atoms with E-state index in [-0.39, 0.29) is 11.8 Å². The Morgan fingerprint density at radius 2 is 2.50 bits per heavy atom. The maximum atomic E-state index is 11.9. The molecular formula is C9H9N3OS. The molecule has 2 N–H and O–H groups in total. The topological polar surface area (TPSA) is 53.5 Å². The van der Waals surface area contributed by atoms with Crippen molar-refractivity contribution < 1.29 is 4.79 Å². The lowest BCUT2D eigenvalue weighted by molar-refractivity contribution is -0.116. The van der Waals surface area contributed by atoms with Crippen LogP contribution in [0.3, 0.4) is 0 Å². The molecule has 0 saturated carbocycles. The molecule has 2 aliphatic heterocycles. The van der Waals surface area contributed by atoms with Gasteiger partial charge in [0.05, 0.1) is 17.9 Å². The van der Waals surface area contributed by atoms with Crippen LogP contribution in [0.1, 0.15) is 6.42 Å². The van der Waals surface area contributed by atoms with Gasteiger partial charge < -0.3 is 10.6 Å². The van der Waals surface area contributed by atoms with E-state index in [2.05, 4.69) is 15.6 Å². The van der Waals surface area contributed by atoms with Crippen molar-refractivity contribution in [3.05, 3.63) is 22.4 Å². The average Bonchev–Trinajstić information content (AvgIpc) is 2.66. The van der Waals surface area contributed by atoms with Crippen molar-refractivity contribution in [3.8, 4) is 0 Å². The number of carbonyl (C=O) groups excluding carboxylic acids is 1. The summed E-state index contributed by atoms with van der Waals surface area (Å²) in [6, 6.07) is -0.277. The molecule has 0 spiro atoms. The predicted octanol–water partition coefficient (Wildman–Crippen LogP) is 0.349. The standard InChI is InChI=1S/C9H9N3OS/c13-9-7-5(2-10-3-11-7)1-6-8(9)12-4-14-6/h2-3,7,12H,1,4H2,(H,10,11). The summed E-state index contributed by atoms with van der Waals surface area (Å²) in [5.41, 5.74) is 1.86. The molecule has 1 unspecified atom stereocenters. The smallest absolute Gasteiger partial charge is 0.208 e. The second-order valence-corrected chi connectivity index (χ2v) is 4.44. The highest BCUT2D eigenvalue weighted by Gasteiger charge is 2.36. The van der Waals surface area contributed by atoms with Gasteiger partial charge in [-0.3, -0.25) is 9.79 Å². The molecule has 0 saturated heterocycles. The minimum atomic E-state index is -0.277. The number of thioether (sulfide) groups is 1. The van der Waals surface area contributed by atoms with Crippen LogP contribution in [0.25, 0.3) is 0 Å². The van der Waals surface area contributed by atoms with Crippen LogP contribution >= 0.6 is 11.8 Å². The zero-order valence-corrected chi connectivity index (χ0v) is 8.23. The quantitative estimate of drug-likeness (QED) is 0.602. The number of hydrogen-bond acceptors (Lipinski definition) is 5. The first-order valence-electron chi connectivity index (χ1n) is 4.47. The Morgan fingerprint density at radius 1 is 1.57 bits per heavy atom. The number of nitrogens with one attached hydrogen (secondary N) is 2. The highest BCUT2D eigenvalue weighted by molar-refractivity contribution is 8.03. The van der Waals surface area contributed by atoms with Crippen LogP contribution in [0.5, 0.6) is 0 Å². The van der Waals surface area contributed by atoms with Gasteiger partial charge in [-0.2, -0.15) is 0 Å². The summed E-state index contributed by atoms with van der Waals surface area (Å²) < 4.78 is 0. The van der Waals surface area contributed by atoms with Gasteiger partial charge in [0.1, 0.15) is 6.04 Å². The van der Waals surface area contributed by atoms with Gasteiger partial charge in [0, 0.05) is 17.5 Å². The Morgan fingerprint density at radius 3 is 3.43 bits per heavy atom. The molecular weight excluding hydrogens is 198 g/mol. The van der Waals surface area contributed by atoms with E-state index in [1.165, 1.54) is 0 Å². The molecule has 0 aromatic heterocycles. The van der Waals surface area contributed by atoms with E-state index in [0.717, 1.165) is 28.5 Å². The minimum Gasteiger partial charge on any atom is -0.372 e. The molecule has 0 radical (unpaired) electrons. The molecule has 0 aromatic rings. The lowest BCUT2D eigenvalue weighted by Gasteiger charge is -2.24. The summed E-state index contributed by atoms with van der Waals surface area (Å²) in [6.45, 7) is 0. The minimum absolute atomic E-state index is 0.111. The number of ketones is 1. The van der Waals surface area contributed by atoms with Crippen molar-refractivity contribution in [1.82, 2.24) is 10.6 Å². The molecule has 0 bridgehead atoms. The van der Waals surface area contributed by atoms with E-state index >= 15 is 0 Å². The Labute approximate surface area is 85.5 Å². The first-order chi connectivity index (χ1) is 6.86. The molecule has 0 fully saturated rings. The first kappa shape index (κ1) is 8.11. The van der Waals surface area contributed by atoms with E-state index in [9.17, 15) is 4.79 Å². The number of aliphatic imine (C=N–C) groups is 1. The number of fused-ring (bicyclic) bond motifs is 1. The van der Waals surface area contributed by atoms with Crippen molar-refractivity contribution in [2.24, 2.45) is 4.99 Å². The predicted molar refractivity (Wildman–Crippen MR) is 55.7 cm³/mol. The van der Waals surface area contributed by atoms with Crippen LogP contribution in [0.4, 0.5) is 0 Å². The van der Waals surface area contributed by atoms with Gasteiger partial charge in [0.25, 0.3) is 0 Å². The van der Waals surface area contributed by atoms with E-state index < -0.39 is 0 Å². The molecule has 72 valence electrons. The molecule has 1 atom stereocenters. The van der Waals surface area contributed by atoms with Crippen molar-refractivity contribution in [1.29, 1.82) is 0 Å². The number of Topliss-reactive ketones (excluding diaryl/α,β-unsaturated/α-hetero) is 1. The lowest BCUT2D eigenvalue weighted by atomic mass is 9.92. The highest BCUT2D eigenvalue weighted by Crippen LogP contribution is 2.37. The largest absolute Gasteiger partial charge is 0.372 e. The number of carbonyl (C=O) groups is 1. The summed E-state index contributed by atoms with van der Waals surface area (Å²) in [6.07, 6.45) is 4.33. The third-order valence-electron chi connectivity index (χ3n) is 2.55. The fourth-order valence-electron chi connectivity index (χ4n) is 1.87. The van der Waals surface area contributed by atoms with Gasteiger partial charge in [-0.25, -0.2) is 0 Å². The summed E-state index contributed by atoms with van der Waals surface area (Å²) in [7, 11) is 0. The normalized spacial score (nSPS) is 29.0. The van der Waals surface area contributed by atoms with Crippen molar-refractivity contribution in [3.63, 3.8) is 0 Å². The third kappa shape index (κ3) is 1.02. The van der Waals surface area contributed by atoms with Crippen LogP contribution in [-0.2, 0) is 4.79 Å². The van der Waals surface area contributed by atoms with Crippen LogP contribution < -0.4 is 10.6 Å². The molecule has 3 rings (SSSR count). The summed E-state index contributed by atoms with van der Waals surface area (Å²) >= 11 is 1.71. The first-order valence-corrected chi connectivity index (χ1v) is 5.45. The Kier molecular flexibility index (Phi) is 1.67. The summed E-state index contributed by atoms with van der Waals surface area (Å²) in [5, 5.41) is 6.04. The zero-order chi connectivity index (χ0) is 9.54. The van der Waals surface area contributed by atoms with Gasteiger partial charge in [-0.05, 0) is 5.57 Å². The van der Waals surface area contributed by atoms with Gasteiger partial charge in [0.15, 0.2) is 0 Å². The van der Waals surface area contributed by atoms with Crippen molar-refractivity contribution in [2.45, 2.75) is 12.5 Å². The zero-order valence-electron chi connectivity index (χ0n) is 7.41. The molecule has 4 nitrogen and oxygen atoms in total. The number of allylic oxidation sites excluding steroid dienone is 1. The van der Waals surface area contributed by atoms with Crippen LogP contribution in [0.2, 0.25) is 0 Å². The lowest BCUT2D eigenvalue weighted by Crippen LogP contribution is -2.34. The van der Waals surface area contributed by atoms with Gasteiger partial charge in [0.2, 0.25) is 5.78 Å². The van der Waals surface area contributed by atoms with E-state index in [1.807, 2.05) is 6.20 Å². The molecule has 0 aromatic carbocycles. The molecule has 14 heavy (non-hydrogen) atoms. The summed E-state index contributed by atoms with van der Waals surface area (Å²) in [4.78, 5) is 17.2. The van der Waals surface area contributed by atoms with E-state index in [1.54, 1.807) is 18.1 Å². The van der Waals surface area contributed by atoms with Crippen LogP contribution in [0.15, 0.2) is 27.4 Å². The molecule has 2 heterocycles. The molecule has 5 heteroatoms. The summed E-state index contributed by atoms with van der Waals surface area (Å²) in [5.74, 6) is 0.924. The molecule has 3 aliphatic rings. The third-order valence-corrected chi connectivity index (χ3v) is 3.54. The van der Waals surface area contributed by atoms with Gasteiger partial charge >= 0.3 is 0 Å². The highest BCUT2D eigenvalue weighted by atomic mass is 32.2. The second kappa shape index (κ2) is 2.88. The SMILES string of the molecule is O=C1C2=C(CC3=CNC=NC13)SCN2. The fraction of sp³-hybridized carbons (Fsp3) is 0.333. The fourth-order valence-corrected chi connectivity index (χ4v) is 2.85. The van der Waals surface area contributed by atoms with Crippen LogP contribution in [-0.4, -0.2) is 24.0 Å². The number of rotatable bonds is 0. The number of hydrogen-bond donors (Lipinski definition) is 2. The molecule has 1 aliphatic carbocycles. The van der Waals surface area contributed by atoms with E-state index in [4.69, 9.17) is 0 Å². The Balaban J connectivity index is 2.05. The second-order valence-electron chi connectivity index (χ2n) is 3.37. The van der Waals surface area contributed by atoms with E-state index in [0.29, 0.717) is 0 Å². The van der Waals surface area contributed by atoms with Crippen LogP contribution in [0, 0.1) is 0 Å². The van der Waals surface area contributed by atoms with Crippen molar-refractivity contribution >= 4 is 23.9 Å². The Hall–Kier alpha value is -1.23.